The number of nitrogens with zero attached hydrogens (tertiary/aromatic N) is 2. The molecule has 1 N–H and O–H groups in total. The predicted molar refractivity (Wildman–Crippen MR) is 95.5 cm³/mol. The van der Waals surface area contributed by atoms with Crippen LogP contribution in [-0.4, -0.2) is 36.3 Å². The summed E-state index contributed by atoms with van der Waals surface area (Å²) in [5, 5.41) is 7.70. The van der Waals surface area contributed by atoms with Crippen molar-refractivity contribution < 1.29 is 14.1 Å². The van der Waals surface area contributed by atoms with E-state index in [-0.39, 0.29) is 5.91 Å². The molecule has 0 radical (unpaired) electrons. The fraction of sp³-hybridized carbons (Fsp3) is 0.316. The third-order valence-electron chi connectivity index (χ3n) is 3.95. The highest BCUT2D eigenvalue weighted by Crippen LogP contribution is 2.30. The Hall–Kier alpha value is -2.73. The average Bonchev–Trinajstić information content (AvgIpc) is 3.02. The van der Waals surface area contributed by atoms with Crippen LogP contribution in [0.1, 0.15) is 28.0 Å². The Labute approximate surface area is 146 Å². The summed E-state index contributed by atoms with van der Waals surface area (Å²) in [4.78, 5) is 17.0. The summed E-state index contributed by atoms with van der Waals surface area (Å²) in [5.41, 5.74) is 4.28. The van der Waals surface area contributed by atoms with Crippen molar-refractivity contribution in [2.24, 2.45) is 0 Å². The van der Waals surface area contributed by atoms with Gasteiger partial charge in [0.2, 0.25) is 0 Å². The van der Waals surface area contributed by atoms with Gasteiger partial charge in [-0.25, -0.2) is 4.98 Å². The summed E-state index contributed by atoms with van der Waals surface area (Å²) in [6.45, 7) is 5.00. The van der Waals surface area contributed by atoms with Crippen molar-refractivity contribution in [3.63, 3.8) is 0 Å². The van der Waals surface area contributed by atoms with Crippen LogP contribution < -0.4 is 5.32 Å². The number of aromatic nitrogens is 2. The summed E-state index contributed by atoms with van der Waals surface area (Å²) >= 11 is 0. The van der Waals surface area contributed by atoms with Gasteiger partial charge >= 0.3 is 0 Å². The van der Waals surface area contributed by atoms with Crippen molar-refractivity contribution >= 4 is 17.0 Å². The molecule has 3 aromatic rings. The van der Waals surface area contributed by atoms with E-state index in [1.807, 2.05) is 38.1 Å². The number of benzene rings is 1. The normalized spacial score (nSPS) is 11.0. The summed E-state index contributed by atoms with van der Waals surface area (Å²) in [6.07, 6.45) is 0.754. The predicted octanol–water partition coefficient (Wildman–Crippen LogP) is 3.27. The first kappa shape index (κ1) is 17.1. The molecule has 2 heterocycles. The molecule has 0 saturated carbocycles. The number of carbonyl (C=O) groups excluding carboxylic acids is 1. The molecular formula is C19H21N3O3. The minimum Gasteiger partial charge on any atom is -0.385 e. The van der Waals surface area contributed by atoms with Crippen molar-refractivity contribution in [1.29, 1.82) is 0 Å². The maximum absolute atomic E-state index is 12.7. The van der Waals surface area contributed by atoms with Crippen LogP contribution >= 0.6 is 0 Å². The second kappa shape index (κ2) is 7.44. The first-order valence-electron chi connectivity index (χ1n) is 8.21. The van der Waals surface area contributed by atoms with Gasteiger partial charge in [0.1, 0.15) is 5.69 Å². The number of amides is 1. The summed E-state index contributed by atoms with van der Waals surface area (Å²) in [7, 11) is 1.64. The van der Waals surface area contributed by atoms with Gasteiger partial charge in [-0.15, -0.1) is 0 Å². The molecule has 130 valence electrons. The highest BCUT2D eigenvalue weighted by molar-refractivity contribution is 6.09. The topological polar surface area (TPSA) is 77.2 Å². The van der Waals surface area contributed by atoms with Crippen LogP contribution in [0.25, 0.3) is 22.4 Å². The molecule has 0 atom stereocenters. The molecule has 0 saturated heterocycles. The summed E-state index contributed by atoms with van der Waals surface area (Å²) in [6, 6.07) is 9.70. The zero-order chi connectivity index (χ0) is 17.8. The van der Waals surface area contributed by atoms with E-state index in [1.54, 1.807) is 13.2 Å². The monoisotopic (exact) mass is 339 g/mol. The lowest BCUT2D eigenvalue weighted by Gasteiger charge is -2.07. The number of carbonyl (C=O) groups is 1. The van der Waals surface area contributed by atoms with Crippen molar-refractivity contribution in [3.8, 4) is 11.3 Å². The van der Waals surface area contributed by atoms with Gasteiger partial charge in [0.25, 0.3) is 11.6 Å². The number of methoxy groups -OCH3 is 1. The van der Waals surface area contributed by atoms with Gasteiger partial charge in [-0.3, -0.25) is 4.79 Å². The van der Waals surface area contributed by atoms with Gasteiger partial charge in [0.15, 0.2) is 0 Å². The van der Waals surface area contributed by atoms with Crippen molar-refractivity contribution in [2.75, 3.05) is 20.3 Å². The Kier molecular flexibility index (Phi) is 5.09. The van der Waals surface area contributed by atoms with Crippen LogP contribution in [0, 0.1) is 13.8 Å². The van der Waals surface area contributed by atoms with E-state index in [1.165, 1.54) is 0 Å². The lowest BCUT2D eigenvalue weighted by molar-refractivity contribution is 0.0950. The molecule has 0 fully saturated rings. The number of pyridine rings is 1. The number of ether oxygens (including phenoxy) is 1. The van der Waals surface area contributed by atoms with Crippen LogP contribution in [0.4, 0.5) is 0 Å². The Balaban J connectivity index is 2.00. The second-order valence-corrected chi connectivity index (χ2v) is 5.99. The van der Waals surface area contributed by atoms with Crippen molar-refractivity contribution in [3.05, 3.63) is 47.2 Å². The number of fused-ring (bicyclic) bond motifs is 1. The molecule has 6 heteroatoms. The van der Waals surface area contributed by atoms with E-state index in [0.29, 0.717) is 41.2 Å². The molecule has 0 aliphatic heterocycles. The molecule has 0 aliphatic carbocycles. The molecule has 1 amide bonds. The number of hydrogen-bond donors (Lipinski definition) is 1. The maximum atomic E-state index is 12.7. The molecule has 2 aromatic heterocycles. The molecule has 0 bridgehead atoms. The highest BCUT2D eigenvalue weighted by Gasteiger charge is 2.20. The molecule has 0 aliphatic rings. The number of hydrogen-bond acceptors (Lipinski definition) is 5. The van der Waals surface area contributed by atoms with Crippen molar-refractivity contribution in [2.45, 2.75) is 20.3 Å². The molecule has 0 spiro atoms. The van der Waals surface area contributed by atoms with Crippen LogP contribution in [0.2, 0.25) is 0 Å². The number of rotatable bonds is 6. The summed E-state index contributed by atoms with van der Waals surface area (Å²) < 4.78 is 10.4. The van der Waals surface area contributed by atoms with E-state index in [2.05, 4.69) is 15.5 Å². The lowest BCUT2D eigenvalue weighted by atomic mass is 10.0. The average molecular weight is 339 g/mol. The van der Waals surface area contributed by atoms with E-state index in [9.17, 15) is 4.79 Å². The Morgan fingerprint density at radius 3 is 2.72 bits per heavy atom. The maximum Gasteiger partial charge on any atom is 0.259 e. The molecule has 25 heavy (non-hydrogen) atoms. The van der Waals surface area contributed by atoms with Gasteiger partial charge in [0.05, 0.1) is 10.9 Å². The fourth-order valence-corrected chi connectivity index (χ4v) is 2.68. The SMILES string of the molecule is COCCCNC(=O)c1cc(C)nc2onc(-c3ccc(C)cc3)c12. The first-order chi connectivity index (χ1) is 12.1. The van der Waals surface area contributed by atoms with E-state index in [0.717, 1.165) is 17.5 Å². The largest absolute Gasteiger partial charge is 0.385 e. The molecule has 0 unspecified atom stereocenters. The van der Waals surface area contributed by atoms with E-state index < -0.39 is 0 Å². The van der Waals surface area contributed by atoms with Crippen LogP contribution in [-0.2, 0) is 4.74 Å². The van der Waals surface area contributed by atoms with Gasteiger partial charge < -0.3 is 14.6 Å². The second-order valence-electron chi connectivity index (χ2n) is 5.99. The zero-order valence-corrected chi connectivity index (χ0v) is 14.6. The smallest absolute Gasteiger partial charge is 0.259 e. The van der Waals surface area contributed by atoms with Gasteiger partial charge in [-0.1, -0.05) is 35.0 Å². The first-order valence-corrected chi connectivity index (χ1v) is 8.21. The lowest BCUT2D eigenvalue weighted by Crippen LogP contribution is -2.25. The number of nitrogens with one attached hydrogen (secondary N) is 1. The van der Waals surface area contributed by atoms with Crippen LogP contribution in [0.5, 0.6) is 0 Å². The minimum atomic E-state index is -0.164. The third-order valence-corrected chi connectivity index (χ3v) is 3.95. The molecule has 3 rings (SSSR count). The van der Waals surface area contributed by atoms with Crippen LogP contribution in [0.15, 0.2) is 34.9 Å². The highest BCUT2D eigenvalue weighted by atomic mass is 16.5. The fourth-order valence-electron chi connectivity index (χ4n) is 2.68. The van der Waals surface area contributed by atoms with E-state index >= 15 is 0 Å². The summed E-state index contributed by atoms with van der Waals surface area (Å²) in [5.74, 6) is -0.164. The van der Waals surface area contributed by atoms with Gasteiger partial charge in [-0.2, -0.15) is 0 Å². The molecule has 6 nitrogen and oxygen atoms in total. The van der Waals surface area contributed by atoms with Gasteiger partial charge in [-0.05, 0) is 26.3 Å². The Morgan fingerprint density at radius 2 is 2.00 bits per heavy atom. The Morgan fingerprint density at radius 1 is 1.24 bits per heavy atom. The Bertz CT molecular complexity index is 885. The molecule has 1 aromatic carbocycles. The quantitative estimate of drug-likeness (QED) is 0.698. The van der Waals surface area contributed by atoms with E-state index in [4.69, 9.17) is 9.26 Å². The van der Waals surface area contributed by atoms with Gasteiger partial charge in [0, 0.05) is 31.5 Å². The zero-order valence-electron chi connectivity index (χ0n) is 14.6. The third kappa shape index (κ3) is 3.69. The standard InChI is InChI=1S/C19H21N3O3/c1-12-5-7-14(8-6-12)17-16-15(18(23)20-9-4-10-24-3)11-13(2)21-19(16)25-22-17/h5-8,11H,4,9-10H2,1-3H3,(H,20,23). The molecular weight excluding hydrogens is 318 g/mol. The number of aryl methyl sites for hydroxylation is 2. The minimum absolute atomic E-state index is 0.164. The van der Waals surface area contributed by atoms with Crippen molar-refractivity contribution in [1.82, 2.24) is 15.5 Å². The van der Waals surface area contributed by atoms with Crippen LogP contribution in [0.3, 0.4) is 0 Å².